The van der Waals surface area contributed by atoms with Gasteiger partial charge in [-0.1, -0.05) is 36.8 Å². The fourth-order valence-corrected chi connectivity index (χ4v) is 2.77. The highest BCUT2D eigenvalue weighted by molar-refractivity contribution is 5.24. The molecule has 3 unspecified atom stereocenters. The number of benzene rings is 1. The van der Waals surface area contributed by atoms with Crippen LogP contribution in [-0.4, -0.2) is 37.7 Å². The van der Waals surface area contributed by atoms with Crippen molar-refractivity contribution in [3.05, 3.63) is 35.4 Å². The lowest BCUT2D eigenvalue weighted by molar-refractivity contribution is -0.00643. The fraction of sp³-hybridized carbons (Fsp3) is 0.625. The molecule has 3 heteroatoms. The van der Waals surface area contributed by atoms with Crippen molar-refractivity contribution in [1.82, 2.24) is 4.90 Å². The Hall–Kier alpha value is -0.900. The Morgan fingerprint density at radius 2 is 2.05 bits per heavy atom. The molecule has 1 aliphatic rings. The van der Waals surface area contributed by atoms with E-state index in [0.29, 0.717) is 12.0 Å². The molecule has 2 rings (SSSR count). The molecule has 0 bridgehead atoms. The van der Waals surface area contributed by atoms with E-state index in [1.165, 1.54) is 17.5 Å². The predicted molar refractivity (Wildman–Crippen MR) is 79.1 cm³/mol. The number of nitrogens with zero attached hydrogens (tertiary/aromatic N) is 1. The van der Waals surface area contributed by atoms with Crippen LogP contribution < -0.4 is 5.73 Å². The third-order valence-corrected chi connectivity index (χ3v) is 4.24. The summed E-state index contributed by atoms with van der Waals surface area (Å²) >= 11 is 0. The van der Waals surface area contributed by atoms with E-state index >= 15 is 0 Å². The second kappa shape index (κ2) is 6.51. The van der Waals surface area contributed by atoms with Gasteiger partial charge in [-0.2, -0.15) is 0 Å². The largest absolute Gasteiger partial charge is 0.380 e. The number of methoxy groups -OCH3 is 1. The van der Waals surface area contributed by atoms with Gasteiger partial charge in [-0.3, -0.25) is 4.90 Å². The molecule has 0 aromatic heterocycles. The minimum atomic E-state index is 0.0894. The van der Waals surface area contributed by atoms with Gasteiger partial charge in [0.25, 0.3) is 0 Å². The third-order valence-electron chi connectivity index (χ3n) is 4.24. The quantitative estimate of drug-likeness (QED) is 0.905. The first-order valence-corrected chi connectivity index (χ1v) is 7.17. The second-order valence-corrected chi connectivity index (χ2v) is 5.82. The molecule has 2 N–H and O–H groups in total. The maximum absolute atomic E-state index is 6.31. The highest BCUT2D eigenvalue weighted by Crippen LogP contribution is 2.21. The molecule has 0 spiro atoms. The van der Waals surface area contributed by atoms with E-state index in [1.807, 2.05) is 7.11 Å². The molecule has 3 atom stereocenters. The number of likely N-dealkylation sites (tertiary alicyclic amines) is 1. The van der Waals surface area contributed by atoms with Gasteiger partial charge in [-0.15, -0.1) is 0 Å². The van der Waals surface area contributed by atoms with Gasteiger partial charge >= 0.3 is 0 Å². The molecule has 0 radical (unpaired) electrons. The first-order chi connectivity index (χ1) is 9.10. The topological polar surface area (TPSA) is 38.5 Å². The van der Waals surface area contributed by atoms with Crippen LogP contribution in [0.1, 0.15) is 30.5 Å². The van der Waals surface area contributed by atoms with Gasteiger partial charge in [-0.25, -0.2) is 0 Å². The highest BCUT2D eigenvalue weighted by Gasteiger charge is 2.26. The lowest BCUT2D eigenvalue weighted by Crippen LogP contribution is -2.46. The van der Waals surface area contributed by atoms with Crippen LogP contribution in [-0.2, 0) is 4.74 Å². The third kappa shape index (κ3) is 3.78. The summed E-state index contributed by atoms with van der Waals surface area (Å²) in [4.78, 5) is 2.43. The lowest BCUT2D eigenvalue weighted by Gasteiger charge is -2.37. The molecular weight excluding hydrogens is 236 g/mol. The van der Waals surface area contributed by atoms with Gasteiger partial charge in [0.2, 0.25) is 0 Å². The predicted octanol–water partition coefficient (Wildman–Crippen LogP) is 2.35. The average molecular weight is 262 g/mol. The van der Waals surface area contributed by atoms with Crippen molar-refractivity contribution in [1.29, 1.82) is 0 Å². The normalized spacial score (nSPS) is 26.3. The van der Waals surface area contributed by atoms with E-state index in [-0.39, 0.29) is 6.04 Å². The summed E-state index contributed by atoms with van der Waals surface area (Å²) in [5, 5.41) is 0. The van der Waals surface area contributed by atoms with Crippen molar-refractivity contribution in [2.75, 3.05) is 26.7 Å². The SMILES string of the molecule is COC1CN(CC(N)c2ccc(C)cc2)CCC1C. The Morgan fingerprint density at radius 3 is 2.68 bits per heavy atom. The first-order valence-electron chi connectivity index (χ1n) is 7.17. The van der Waals surface area contributed by atoms with Crippen LogP contribution in [0.5, 0.6) is 0 Å². The molecule has 19 heavy (non-hydrogen) atoms. The van der Waals surface area contributed by atoms with Gasteiger partial charge in [-0.05, 0) is 31.4 Å². The Morgan fingerprint density at radius 1 is 1.37 bits per heavy atom. The monoisotopic (exact) mass is 262 g/mol. The molecule has 1 aromatic carbocycles. The minimum Gasteiger partial charge on any atom is -0.380 e. The Bertz CT molecular complexity index is 390. The van der Waals surface area contributed by atoms with Crippen LogP contribution in [0.15, 0.2) is 24.3 Å². The Balaban J connectivity index is 1.92. The summed E-state index contributed by atoms with van der Waals surface area (Å²) in [5.74, 6) is 0.650. The summed E-state index contributed by atoms with van der Waals surface area (Å²) in [5.41, 5.74) is 8.82. The van der Waals surface area contributed by atoms with Gasteiger partial charge in [0.15, 0.2) is 0 Å². The number of ether oxygens (including phenoxy) is 1. The van der Waals surface area contributed by atoms with E-state index in [2.05, 4.69) is 43.0 Å². The number of aryl methyl sites for hydroxylation is 1. The average Bonchev–Trinajstić information content (AvgIpc) is 2.41. The number of hydrogen-bond acceptors (Lipinski definition) is 3. The Labute approximate surface area is 116 Å². The maximum atomic E-state index is 6.31. The van der Waals surface area contributed by atoms with E-state index in [0.717, 1.165) is 19.6 Å². The van der Waals surface area contributed by atoms with Crippen LogP contribution in [0, 0.1) is 12.8 Å². The molecule has 0 amide bonds. The van der Waals surface area contributed by atoms with Crippen molar-refractivity contribution in [2.45, 2.75) is 32.4 Å². The summed E-state index contributed by atoms with van der Waals surface area (Å²) in [6.45, 7) is 7.41. The van der Waals surface area contributed by atoms with E-state index < -0.39 is 0 Å². The van der Waals surface area contributed by atoms with Crippen molar-refractivity contribution < 1.29 is 4.74 Å². The van der Waals surface area contributed by atoms with Crippen molar-refractivity contribution in [3.63, 3.8) is 0 Å². The highest BCUT2D eigenvalue weighted by atomic mass is 16.5. The summed E-state index contributed by atoms with van der Waals surface area (Å²) in [6, 6.07) is 8.63. The van der Waals surface area contributed by atoms with Gasteiger partial charge in [0, 0.05) is 26.2 Å². The molecule has 1 heterocycles. The molecular formula is C16H26N2O. The fourth-order valence-electron chi connectivity index (χ4n) is 2.77. The van der Waals surface area contributed by atoms with E-state index in [9.17, 15) is 0 Å². The van der Waals surface area contributed by atoms with Crippen LogP contribution in [0.25, 0.3) is 0 Å². The Kier molecular flexibility index (Phi) is 4.97. The van der Waals surface area contributed by atoms with E-state index in [4.69, 9.17) is 10.5 Å². The van der Waals surface area contributed by atoms with Crippen LogP contribution in [0.2, 0.25) is 0 Å². The van der Waals surface area contributed by atoms with Gasteiger partial charge in [0.1, 0.15) is 0 Å². The molecule has 1 aromatic rings. The first kappa shape index (κ1) is 14.5. The summed E-state index contributed by atoms with van der Waals surface area (Å²) in [7, 11) is 1.81. The van der Waals surface area contributed by atoms with Crippen molar-refractivity contribution in [3.8, 4) is 0 Å². The van der Waals surface area contributed by atoms with Crippen LogP contribution in [0.3, 0.4) is 0 Å². The lowest BCUT2D eigenvalue weighted by atomic mass is 9.95. The van der Waals surface area contributed by atoms with E-state index in [1.54, 1.807) is 0 Å². The molecule has 1 aliphatic heterocycles. The summed E-state index contributed by atoms with van der Waals surface area (Å²) in [6.07, 6.45) is 1.54. The molecule has 1 fully saturated rings. The second-order valence-electron chi connectivity index (χ2n) is 5.82. The van der Waals surface area contributed by atoms with Gasteiger partial charge < -0.3 is 10.5 Å². The zero-order valence-electron chi connectivity index (χ0n) is 12.3. The van der Waals surface area contributed by atoms with Crippen molar-refractivity contribution in [2.24, 2.45) is 11.7 Å². The molecule has 1 saturated heterocycles. The van der Waals surface area contributed by atoms with Crippen LogP contribution >= 0.6 is 0 Å². The molecule has 106 valence electrons. The molecule has 0 aliphatic carbocycles. The zero-order valence-corrected chi connectivity index (χ0v) is 12.3. The van der Waals surface area contributed by atoms with Crippen molar-refractivity contribution >= 4 is 0 Å². The number of hydrogen-bond donors (Lipinski definition) is 1. The smallest absolute Gasteiger partial charge is 0.0724 e. The zero-order chi connectivity index (χ0) is 13.8. The molecule has 3 nitrogen and oxygen atoms in total. The maximum Gasteiger partial charge on any atom is 0.0724 e. The standard InChI is InChI=1S/C16H26N2O/c1-12-4-6-14(7-5-12)15(17)10-18-9-8-13(2)16(11-18)19-3/h4-7,13,15-16H,8-11,17H2,1-3H3. The minimum absolute atomic E-state index is 0.0894. The van der Waals surface area contributed by atoms with Crippen LogP contribution in [0.4, 0.5) is 0 Å². The molecule has 0 saturated carbocycles. The van der Waals surface area contributed by atoms with Gasteiger partial charge in [0.05, 0.1) is 6.10 Å². The number of nitrogens with two attached hydrogens (primary N) is 1. The number of piperidine rings is 1. The number of rotatable bonds is 4. The summed E-state index contributed by atoms with van der Waals surface area (Å²) < 4.78 is 5.55.